The Morgan fingerprint density at radius 2 is 1.85 bits per heavy atom. The van der Waals surface area contributed by atoms with Crippen molar-refractivity contribution >= 4 is 29.5 Å². The predicted octanol–water partition coefficient (Wildman–Crippen LogP) is 1.13. The smallest absolute Gasteiger partial charge is 0.334 e. The number of benzene rings is 2. The monoisotopic (exact) mass is 364 g/mol. The van der Waals surface area contributed by atoms with Crippen LogP contribution in [0.2, 0.25) is 0 Å². The molecular formula is C21H22N3O3+. The molecule has 0 spiro atoms. The Labute approximate surface area is 157 Å². The van der Waals surface area contributed by atoms with Crippen LogP contribution < -0.4 is 16.0 Å². The Kier molecular flexibility index (Phi) is 5.35. The molecule has 0 bridgehead atoms. The van der Waals surface area contributed by atoms with Crippen molar-refractivity contribution in [3.8, 4) is 11.1 Å². The number of fused-ring (bicyclic) bond motifs is 1. The lowest BCUT2D eigenvalue weighted by Crippen LogP contribution is -2.69. The standard InChI is InChI=1S/C21H21N3O3/c1-3-27-21(26)17-10-16-9-8-15(11-18(16)24-19(22)12-17)13-4-6-14(7-5-13)20(25)23-2/h4-11H,3,12H2,1-2H3,(H2,22,24)(H,23,25)/p+1. The number of nitrogens with two attached hydrogens (primary N) is 1. The maximum absolute atomic E-state index is 12.1. The van der Waals surface area contributed by atoms with E-state index in [0.29, 0.717) is 30.0 Å². The maximum Gasteiger partial charge on any atom is 0.334 e. The zero-order valence-corrected chi connectivity index (χ0v) is 15.3. The van der Waals surface area contributed by atoms with Crippen LogP contribution in [0.15, 0.2) is 48.0 Å². The molecule has 1 aliphatic rings. The highest BCUT2D eigenvalue weighted by Gasteiger charge is 2.20. The lowest BCUT2D eigenvalue weighted by atomic mass is 10.00. The first kappa shape index (κ1) is 18.4. The van der Waals surface area contributed by atoms with E-state index in [2.05, 4.69) is 10.3 Å². The summed E-state index contributed by atoms with van der Waals surface area (Å²) in [6, 6.07) is 13.2. The van der Waals surface area contributed by atoms with Crippen LogP contribution in [-0.4, -0.2) is 31.4 Å². The molecule has 0 aromatic heterocycles. The zero-order valence-electron chi connectivity index (χ0n) is 15.3. The van der Waals surface area contributed by atoms with Gasteiger partial charge in [0, 0.05) is 23.7 Å². The Hall–Kier alpha value is -3.41. The van der Waals surface area contributed by atoms with Crippen LogP contribution in [0, 0.1) is 0 Å². The number of nitrogens with one attached hydrogen (secondary N) is 2. The highest BCUT2D eigenvalue weighted by Crippen LogP contribution is 2.26. The topological polar surface area (TPSA) is 95.4 Å². The molecule has 2 aromatic rings. The van der Waals surface area contributed by atoms with E-state index in [-0.39, 0.29) is 11.9 Å². The van der Waals surface area contributed by atoms with Crippen molar-refractivity contribution in [2.24, 2.45) is 5.73 Å². The summed E-state index contributed by atoms with van der Waals surface area (Å²) in [4.78, 5) is 26.9. The van der Waals surface area contributed by atoms with Gasteiger partial charge >= 0.3 is 5.97 Å². The minimum absolute atomic E-state index is 0.121. The van der Waals surface area contributed by atoms with Gasteiger partial charge in [0.2, 0.25) is 5.84 Å². The van der Waals surface area contributed by atoms with Gasteiger partial charge in [0.25, 0.3) is 5.91 Å². The number of carbonyl (C=O) groups is 2. The van der Waals surface area contributed by atoms with Gasteiger partial charge in [-0.3, -0.25) is 10.5 Å². The molecule has 4 N–H and O–H groups in total. The normalized spacial score (nSPS) is 13.0. The zero-order chi connectivity index (χ0) is 19.4. The summed E-state index contributed by atoms with van der Waals surface area (Å²) in [6.07, 6.45) is 2.11. The molecule has 1 amide bonds. The second kappa shape index (κ2) is 7.86. The number of hydrogen-bond donors (Lipinski definition) is 3. The first-order valence-corrected chi connectivity index (χ1v) is 8.74. The van der Waals surface area contributed by atoms with E-state index in [1.54, 1.807) is 32.2 Å². The third kappa shape index (κ3) is 4.06. The van der Waals surface area contributed by atoms with Crippen LogP contribution in [0.5, 0.6) is 0 Å². The van der Waals surface area contributed by atoms with Gasteiger partial charge in [-0.05, 0) is 42.3 Å². The van der Waals surface area contributed by atoms with Gasteiger partial charge in [0.15, 0.2) is 0 Å². The molecule has 138 valence electrons. The third-order valence-corrected chi connectivity index (χ3v) is 4.30. The molecule has 2 aromatic carbocycles. The lowest BCUT2D eigenvalue weighted by Gasteiger charge is -2.06. The number of rotatable bonds is 4. The Morgan fingerprint density at radius 3 is 2.52 bits per heavy atom. The SMILES string of the molecule is CCOC(=O)C1=Cc2ccc(-c3ccc(C(=O)NC)cc3)cc2[NH+]=C(N)C1. The van der Waals surface area contributed by atoms with Gasteiger partial charge in [-0.25, -0.2) is 9.79 Å². The molecule has 0 saturated heterocycles. The third-order valence-electron chi connectivity index (χ3n) is 4.30. The Balaban J connectivity index is 1.96. The molecule has 0 radical (unpaired) electrons. The molecule has 1 heterocycles. The van der Waals surface area contributed by atoms with Crippen molar-refractivity contribution in [2.75, 3.05) is 13.7 Å². The van der Waals surface area contributed by atoms with Gasteiger partial charge in [-0.15, -0.1) is 0 Å². The molecule has 0 fully saturated rings. The average Bonchev–Trinajstić information content (AvgIpc) is 2.85. The van der Waals surface area contributed by atoms with E-state index in [1.807, 2.05) is 30.3 Å². The number of hydrogen-bond acceptors (Lipinski definition) is 4. The van der Waals surface area contributed by atoms with Crippen LogP contribution in [0.25, 0.3) is 17.2 Å². The van der Waals surface area contributed by atoms with Gasteiger partial charge in [-0.1, -0.05) is 24.3 Å². The maximum atomic E-state index is 12.1. The molecule has 6 heteroatoms. The van der Waals surface area contributed by atoms with E-state index >= 15 is 0 Å². The lowest BCUT2D eigenvalue weighted by molar-refractivity contribution is -0.356. The first-order chi connectivity index (χ1) is 13.0. The summed E-state index contributed by atoms with van der Waals surface area (Å²) in [6.45, 7) is 2.09. The molecule has 0 atom stereocenters. The molecule has 0 unspecified atom stereocenters. The minimum Gasteiger partial charge on any atom is -0.463 e. The highest BCUT2D eigenvalue weighted by atomic mass is 16.5. The molecule has 27 heavy (non-hydrogen) atoms. The fraction of sp³-hybridized carbons (Fsp3) is 0.190. The largest absolute Gasteiger partial charge is 0.463 e. The summed E-state index contributed by atoms with van der Waals surface area (Å²) in [5.41, 5.74) is 10.8. The van der Waals surface area contributed by atoms with Gasteiger partial charge in [0.1, 0.15) is 5.69 Å². The quantitative estimate of drug-likeness (QED) is 0.709. The van der Waals surface area contributed by atoms with Crippen molar-refractivity contribution in [1.82, 2.24) is 5.32 Å². The molecule has 0 saturated carbocycles. The van der Waals surface area contributed by atoms with Crippen molar-refractivity contribution in [1.29, 1.82) is 0 Å². The average molecular weight is 364 g/mol. The number of ether oxygens (including phenoxy) is 1. The Bertz CT molecular complexity index is 944. The number of amides is 1. The predicted molar refractivity (Wildman–Crippen MR) is 104 cm³/mol. The van der Waals surface area contributed by atoms with E-state index in [9.17, 15) is 9.59 Å². The summed E-state index contributed by atoms with van der Waals surface area (Å²) in [5.74, 6) is 0.00767. The second-order valence-corrected chi connectivity index (χ2v) is 6.18. The van der Waals surface area contributed by atoms with Crippen LogP contribution in [0.4, 0.5) is 5.69 Å². The van der Waals surface area contributed by atoms with Crippen molar-refractivity contribution in [2.45, 2.75) is 13.3 Å². The molecule has 1 aliphatic heterocycles. The van der Waals surface area contributed by atoms with Crippen LogP contribution in [0.3, 0.4) is 0 Å². The van der Waals surface area contributed by atoms with Crippen molar-refractivity contribution in [3.05, 3.63) is 59.2 Å². The summed E-state index contributed by atoms with van der Waals surface area (Å²) in [7, 11) is 1.60. The van der Waals surface area contributed by atoms with Crippen LogP contribution in [0.1, 0.15) is 29.3 Å². The number of carbonyl (C=O) groups excluding carboxylic acids is 2. The summed E-state index contributed by atoms with van der Waals surface area (Å²) >= 11 is 0. The van der Waals surface area contributed by atoms with Crippen LogP contribution in [-0.2, 0) is 9.53 Å². The molecular weight excluding hydrogens is 342 g/mol. The van der Waals surface area contributed by atoms with E-state index < -0.39 is 0 Å². The molecule has 6 nitrogen and oxygen atoms in total. The van der Waals surface area contributed by atoms with Crippen molar-refractivity contribution in [3.63, 3.8) is 0 Å². The second-order valence-electron chi connectivity index (χ2n) is 6.18. The molecule has 3 rings (SSSR count). The fourth-order valence-electron chi connectivity index (χ4n) is 2.94. The fourth-order valence-corrected chi connectivity index (χ4v) is 2.94. The van der Waals surface area contributed by atoms with E-state index in [0.717, 1.165) is 22.4 Å². The van der Waals surface area contributed by atoms with E-state index in [1.165, 1.54) is 0 Å². The van der Waals surface area contributed by atoms with Crippen LogP contribution >= 0.6 is 0 Å². The van der Waals surface area contributed by atoms with Crippen molar-refractivity contribution < 1.29 is 19.3 Å². The van der Waals surface area contributed by atoms with Gasteiger partial charge in [0.05, 0.1) is 13.0 Å². The highest BCUT2D eigenvalue weighted by molar-refractivity contribution is 6.00. The number of amidine groups is 1. The first-order valence-electron chi connectivity index (χ1n) is 8.74. The summed E-state index contributed by atoms with van der Waals surface area (Å²) in [5, 5.41) is 2.61. The van der Waals surface area contributed by atoms with Gasteiger partial charge in [-0.2, -0.15) is 0 Å². The number of esters is 1. The summed E-state index contributed by atoms with van der Waals surface area (Å²) < 4.78 is 5.10. The minimum atomic E-state index is -0.357. The Morgan fingerprint density at radius 1 is 1.15 bits per heavy atom. The van der Waals surface area contributed by atoms with Gasteiger partial charge < -0.3 is 10.1 Å². The van der Waals surface area contributed by atoms with E-state index in [4.69, 9.17) is 10.5 Å². The molecule has 0 aliphatic carbocycles.